The molecule has 1 aromatic rings. The Morgan fingerprint density at radius 2 is 2.06 bits per heavy atom. The molecule has 0 spiro atoms. The lowest BCUT2D eigenvalue weighted by atomic mass is 9.97. The molecule has 2 aliphatic heterocycles. The molecular formula is C23H37FN4O3. The van der Waals surface area contributed by atoms with Gasteiger partial charge in [-0.25, -0.2) is 4.39 Å². The quantitative estimate of drug-likeness (QED) is 0.433. The van der Waals surface area contributed by atoms with Gasteiger partial charge in [-0.15, -0.1) is 0 Å². The Balaban J connectivity index is 1.59. The number of hydrogen-bond donors (Lipinski definition) is 2. The minimum atomic E-state index is -0.291. The number of benzene rings is 1. The summed E-state index contributed by atoms with van der Waals surface area (Å²) in [5.41, 5.74) is 0. The second-order valence-electron chi connectivity index (χ2n) is 8.05. The van der Waals surface area contributed by atoms with E-state index in [9.17, 15) is 4.39 Å². The van der Waals surface area contributed by atoms with Gasteiger partial charge in [-0.3, -0.25) is 9.89 Å². The molecule has 3 atom stereocenters. The molecular weight excluding hydrogens is 399 g/mol. The van der Waals surface area contributed by atoms with Crippen LogP contribution in [0.5, 0.6) is 5.75 Å². The summed E-state index contributed by atoms with van der Waals surface area (Å²) in [4.78, 5) is 7.40. The Hall–Kier alpha value is -1.90. The van der Waals surface area contributed by atoms with Crippen LogP contribution in [0.25, 0.3) is 0 Å². The number of aliphatic imine (C=N–C) groups is 1. The predicted molar refractivity (Wildman–Crippen MR) is 120 cm³/mol. The molecule has 2 aliphatic rings. The smallest absolute Gasteiger partial charge is 0.191 e. The summed E-state index contributed by atoms with van der Waals surface area (Å²) in [5, 5.41) is 6.73. The fourth-order valence-corrected chi connectivity index (χ4v) is 4.07. The van der Waals surface area contributed by atoms with Crippen LogP contribution < -0.4 is 15.4 Å². The van der Waals surface area contributed by atoms with Crippen LogP contribution in [0.3, 0.4) is 0 Å². The zero-order valence-corrected chi connectivity index (χ0v) is 18.8. The van der Waals surface area contributed by atoms with Crippen LogP contribution in [-0.2, 0) is 9.47 Å². The molecule has 0 aromatic heterocycles. The minimum absolute atomic E-state index is 0.0797. The van der Waals surface area contributed by atoms with Gasteiger partial charge in [0.25, 0.3) is 0 Å². The van der Waals surface area contributed by atoms with Gasteiger partial charge in [-0.05, 0) is 31.9 Å². The molecule has 8 heteroatoms. The number of hydrogen-bond acceptors (Lipinski definition) is 5. The Labute approximate surface area is 185 Å². The van der Waals surface area contributed by atoms with Gasteiger partial charge in [0, 0.05) is 44.3 Å². The summed E-state index contributed by atoms with van der Waals surface area (Å²) in [7, 11) is 0. The van der Waals surface area contributed by atoms with Crippen LogP contribution in [0.4, 0.5) is 4.39 Å². The lowest BCUT2D eigenvalue weighted by Crippen LogP contribution is -2.49. The van der Waals surface area contributed by atoms with Crippen LogP contribution in [0.2, 0.25) is 0 Å². The van der Waals surface area contributed by atoms with E-state index in [-0.39, 0.29) is 11.9 Å². The molecule has 0 radical (unpaired) electrons. The largest absolute Gasteiger partial charge is 0.489 e. The van der Waals surface area contributed by atoms with Crippen molar-refractivity contribution in [3.8, 4) is 5.75 Å². The lowest BCUT2D eigenvalue weighted by molar-refractivity contribution is 0.00368. The standard InChI is InChI=1S/C23H37FN4O3/c1-3-20(31-21-7-5-6-19(24)14-21)15-26-23(25-4-2)27-16-22(18-8-11-30-17-18)28-9-12-29-13-10-28/h5-7,14,18,20,22H,3-4,8-13,15-17H2,1-2H3,(H2,25,26,27). The first-order valence-corrected chi connectivity index (χ1v) is 11.5. The van der Waals surface area contributed by atoms with Gasteiger partial charge >= 0.3 is 0 Å². The summed E-state index contributed by atoms with van der Waals surface area (Å²) >= 11 is 0. The zero-order chi connectivity index (χ0) is 21.9. The van der Waals surface area contributed by atoms with Crippen molar-refractivity contribution in [3.05, 3.63) is 30.1 Å². The highest BCUT2D eigenvalue weighted by atomic mass is 19.1. The minimum Gasteiger partial charge on any atom is -0.489 e. The molecule has 174 valence electrons. The highest BCUT2D eigenvalue weighted by Crippen LogP contribution is 2.22. The molecule has 0 amide bonds. The fourth-order valence-electron chi connectivity index (χ4n) is 4.07. The van der Waals surface area contributed by atoms with E-state index in [1.54, 1.807) is 12.1 Å². The number of halogens is 1. The number of rotatable bonds is 10. The summed E-state index contributed by atoms with van der Waals surface area (Å²) in [6.07, 6.45) is 1.81. The van der Waals surface area contributed by atoms with Gasteiger partial charge < -0.3 is 24.8 Å². The van der Waals surface area contributed by atoms with Crippen molar-refractivity contribution in [2.24, 2.45) is 10.9 Å². The number of ether oxygens (including phenoxy) is 3. The molecule has 31 heavy (non-hydrogen) atoms. The predicted octanol–water partition coefficient (Wildman–Crippen LogP) is 2.28. The van der Waals surface area contributed by atoms with Gasteiger partial charge in [0.15, 0.2) is 5.96 Å². The second kappa shape index (κ2) is 12.8. The second-order valence-corrected chi connectivity index (χ2v) is 8.05. The summed E-state index contributed by atoms with van der Waals surface area (Å²) < 4.78 is 30.6. The summed E-state index contributed by atoms with van der Waals surface area (Å²) in [6, 6.07) is 6.63. The van der Waals surface area contributed by atoms with Crippen molar-refractivity contribution < 1.29 is 18.6 Å². The van der Waals surface area contributed by atoms with Crippen LogP contribution in [0.1, 0.15) is 26.7 Å². The highest BCUT2D eigenvalue weighted by Gasteiger charge is 2.31. The molecule has 0 bridgehead atoms. The molecule has 7 nitrogen and oxygen atoms in total. The van der Waals surface area contributed by atoms with Gasteiger partial charge in [0.2, 0.25) is 0 Å². The number of nitrogens with zero attached hydrogens (tertiary/aromatic N) is 2. The first-order chi connectivity index (χ1) is 15.2. The van der Waals surface area contributed by atoms with Gasteiger partial charge in [-0.1, -0.05) is 13.0 Å². The van der Waals surface area contributed by atoms with Gasteiger partial charge in [0.05, 0.1) is 32.9 Å². The first-order valence-electron chi connectivity index (χ1n) is 11.5. The van der Waals surface area contributed by atoms with Crippen molar-refractivity contribution in [1.82, 2.24) is 15.5 Å². The van der Waals surface area contributed by atoms with Crippen molar-refractivity contribution in [3.63, 3.8) is 0 Å². The average Bonchev–Trinajstić information content (AvgIpc) is 3.32. The first kappa shape index (κ1) is 23.8. The Morgan fingerprint density at radius 3 is 2.74 bits per heavy atom. The van der Waals surface area contributed by atoms with E-state index in [0.29, 0.717) is 30.8 Å². The number of guanidine groups is 1. The van der Waals surface area contributed by atoms with E-state index in [1.807, 2.05) is 0 Å². The number of morpholine rings is 1. The van der Waals surface area contributed by atoms with Crippen LogP contribution >= 0.6 is 0 Å². The van der Waals surface area contributed by atoms with E-state index in [0.717, 1.165) is 64.9 Å². The lowest BCUT2D eigenvalue weighted by Gasteiger charge is -2.36. The Bertz CT molecular complexity index is 679. The fraction of sp³-hybridized carbons (Fsp3) is 0.696. The van der Waals surface area contributed by atoms with E-state index in [1.165, 1.54) is 12.1 Å². The molecule has 2 heterocycles. The van der Waals surface area contributed by atoms with Crippen molar-refractivity contribution >= 4 is 5.96 Å². The maximum atomic E-state index is 13.4. The normalized spacial score (nSPS) is 22.2. The molecule has 2 N–H and O–H groups in total. The molecule has 1 aromatic carbocycles. The van der Waals surface area contributed by atoms with E-state index in [4.69, 9.17) is 19.2 Å². The average molecular weight is 437 g/mol. The van der Waals surface area contributed by atoms with E-state index < -0.39 is 0 Å². The summed E-state index contributed by atoms with van der Waals surface area (Å²) in [6.45, 7) is 11.3. The SMILES string of the molecule is CCNC(=NCC(C1CCOC1)N1CCOCC1)NCC(CC)Oc1cccc(F)c1. The molecule has 3 rings (SSSR count). The van der Waals surface area contributed by atoms with Crippen molar-refractivity contribution in [2.75, 3.05) is 59.2 Å². The molecule has 0 saturated carbocycles. The van der Waals surface area contributed by atoms with Crippen LogP contribution in [0.15, 0.2) is 29.3 Å². The number of nitrogens with one attached hydrogen (secondary N) is 2. The zero-order valence-electron chi connectivity index (χ0n) is 18.8. The maximum Gasteiger partial charge on any atom is 0.191 e. The van der Waals surface area contributed by atoms with E-state index >= 15 is 0 Å². The van der Waals surface area contributed by atoms with Gasteiger partial charge in [-0.2, -0.15) is 0 Å². The molecule has 0 aliphatic carbocycles. The summed E-state index contributed by atoms with van der Waals surface area (Å²) in [5.74, 6) is 1.54. The Morgan fingerprint density at radius 1 is 1.23 bits per heavy atom. The highest BCUT2D eigenvalue weighted by molar-refractivity contribution is 5.79. The molecule has 2 fully saturated rings. The van der Waals surface area contributed by atoms with Crippen LogP contribution in [0, 0.1) is 11.7 Å². The van der Waals surface area contributed by atoms with Crippen molar-refractivity contribution in [1.29, 1.82) is 0 Å². The van der Waals surface area contributed by atoms with Crippen molar-refractivity contribution in [2.45, 2.75) is 38.8 Å². The van der Waals surface area contributed by atoms with Gasteiger partial charge in [0.1, 0.15) is 17.7 Å². The molecule has 3 unspecified atom stereocenters. The molecule has 2 saturated heterocycles. The third-order valence-electron chi connectivity index (χ3n) is 5.86. The Kier molecular flexibility index (Phi) is 9.84. The maximum absolute atomic E-state index is 13.4. The van der Waals surface area contributed by atoms with E-state index in [2.05, 4.69) is 29.4 Å². The van der Waals surface area contributed by atoms with Crippen LogP contribution in [-0.4, -0.2) is 82.2 Å². The third kappa shape index (κ3) is 7.63. The monoisotopic (exact) mass is 436 g/mol. The third-order valence-corrected chi connectivity index (χ3v) is 5.86. The topological polar surface area (TPSA) is 67.4 Å².